The molecule has 1 amide bonds. The predicted octanol–water partition coefficient (Wildman–Crippen LogP) is 2.67. The number of piperidine rings is 1. The quantitative estimate of drug-likeness (QED) is 0.838. The van der Waals surface area contributed by atoms with Crippen LogP contribution in [-0.2, 0) is 4.74 Å². The van der Waals surface area contributed by atoms with Gasteiger partial charge in [0.2, 0.25) is 0 Å². The van der Waals surface area contributed by atoms with Crippen LogP contribution in [0, 0.1) is 5.92 Å². The van der Waals surface area contributed by atoms with E-state index in [0.29, 0.717) is 24.0 Å². The number of ether oxygens (including phenoxy) is 1. The van der Waals surface area contributed by atoms with Crippen molar-refractivity contribution in [3.8, 4) is 0 Å². The van der Waals surface area contributed by atoms with E-state index in [4.69, 9.17) is 4.74 Å². The summed E-state index contributed by atoms with van der Waals surface area (Å²) in [5.41, 5.74) is -0.426. The summed E-state index contributed by atoms with van der Waals surface area (Å²) >= 11 is 0. The van der Waals surface area contributed by atoms with E-state index in [0.717, 1.165) is 51.5 Å². The van der Waals surface area contributed by atoms with Crippen LogP contribution in [-0.4, -0.2) is 52.5 Å². The minimum absolute atomic E-state index is 0.124. The van der Waals surface area contributed by atoms with Crippen LogP contribution >= 0.6 is 0 Å². The van der Waals surface area contributed by atoms with Crippen molar-refractivity contribution in [3.63, 3.8) is 0 Å². The molecule has 0 aromatic heterocycles. The molecule has 3 fully saturated rings. The van der Waals surface area contributed by atoms with Crippen molar-refractivity contribution in [2.24, 2.45) is 5.92 Å². The first kappa shape index (κ1) is 17.0. The van der Waals surface area contributed by atoms with Gasteiger partial charge < -0.3 is 20.1 Å². The van der Waals surface area contributed by atoms with Crippen LogP contribution < -0.4 is 5.32 Å². The number of carbonyl (C=O) groups excluding carboxylic acids is 1. The van der Waals surface area contributed by atoms with E-state index in [-0.39, 0.29) is 12.2 Å². The molecule has 4 atom stereocenters. The fourth-order valence-corrected chi connectivity index (χ4v) is 4.53. The number of amides is 1. The molecule has 2 bridgehead atoms. The van der Waals surface area contributed by atoms with Gasteiger partial charge in [-0.1, -0.05) is 6.42 Å². The Balaban J connectivity index is 1.51. The SMILES string of the molecule is CC(C)(C)OC(=O)N1C2CCC1CC(NCC1CCCC1O)C2. The first-order valence-corrected chi connectivity index (χ1v) is 9.26. The summed E-state index contributed by atoms with van der Waals surface area (Å²) in [7, 11) is 0. The Labute approximate surface area is 139 Å². The number of hydrogen-bond acceptors (Lipinski definition) is 4. The third-order valence-electron chi connectivity index (χ3n) is 5.63. The van der Waals surface area contributed by atoms with Crippen molar-refractivity contribution in [1.82, 2.24) is 10.2 Å². The molecule has 1 aliphatic carbocycles. The van der Waals surface area contributed by atoms with Gasteiger partial charge in [-0.2, -0.15) is 0 Å². The average molecular weight is 324 g/mol. The van der Waals surface area contributed by atoms with E-state index in [9.17, 15) is 9.90 Å². The number of fused-ring (bicyclic) bond motifs is 2. The van der Waals surface area contributed by atoms with Crippen molar-refractivity contribution in [2.75, 3.05) is 6.54 Å². The first-order chi connectivity index (χ1) is 10.8. The molecule has 132 valence electrons. The van der Waals surface area contributed by atoms with E-state index in [1.807, 2.05) is 25.7 Å². The predicted molar refractivity (Wildman–Crippen MR) is 89.3 cm³/mol. The normalized spacial score (nSPS) is 37.2. The van der Waals surface area contributed by atoms with E-state index >= 15 is 0 Å². The summed E-state index contributed by atoms with van der Waals surface area (Å²) in [5.74, 6) is 0.413. The summed E-state index contributed by atoms with van der Waals surface area (Å²) in [4.78, 5) is 14.4. The third-order valence-corrected chi connectivity index (χ3v) is 5.63. The van der Waals surface area contributed by atoms with Crippen LogP contribution in [0.1, 0.15) is 65.7 Å². The topological polar surface area (TPSA) is 61.8 Å². The molecule has 5 nitrogen and oxygen atoms in total. The van der Waals surface area contributed by atoms with Crippen LogP contribution in [0.25, 0.3) is 0 Å². The molecule has 1 saturated carbocycles. The summed E-state index contributed by atoms with van der Waals surface area (Å²) in [5, 5.41) is 13.6. The zero-order valence-corrected chi connectivity index (χ0v) is 14.8. The molecule has 2 N–H and O–H groups in total. The minimum atomic E-state index is -0.426. The highest BCUT2D eigenvalue weighted by Crippen LogP contribution is 2.37. The van der Waals surface area contributed by atoms with Gasteiger partial charge in [-0.25, -0.2) is 4.79 Å². The van der Waals surface area contributed by atoms with Crippen LogP contribution in [0.15, 0.2) is 0 Å². The zero-order chi connectivity index (χ0) is 16.6. The van der Waals surface area contributed by atoms with Gasteiger partial charge in [-0.15, -0.1) is 0 Å². The maximum absolute atomic E-state index is 12.4. The summed E-state index contributed by atoms with van der Waals surface area (Å²) in [6.45, 7) is 6.69. The molecule has 0 radical (unpaired) electrons. The van der Waals surface area contributed by atoms with Crippen molar-refractivity contribution in [3.05, 3.63) is 0 Å². The van der Waals surface area contributed by atoms with Gasteiger partial charge in [-0.05, 0) is 65.2 Å². The molecule has 0 aromatic rings. The van der Waals surface area contributed by atoms with Gasteiger partial charge in [0.05, 0.1) is 6.10 Å². The molecule has 23 heavy (non-hydrogen) atoms. The molecule has 0 aromatic carbocycles. The number of nitrogens with one attached hydrogen (secondary N) is 1. The van der Waals surface area contributed by atoms with Crippen LogP contribution in [0.4, 0.5) is 4.79 Å². The lowest BCUT2D eigenvalue weighted by molar-refractivity contribution is 0.00439. The van der Waals surface area contributed by atoms with E-state index in [1.54, 1.807) is 0 Å². The van der Waals surface area contributed by atoms with Crippen LogP contribution in [0.2, 0.25) is 0 Å². The van der Waals surface area contributed by atoms with E-state index in [2.05, 4.69) is 5.32 Å². The molecular formula is C18H32N2O3. The van der Waals surface area contributed by atoms with Crippen molar-refractivity contribution in [2.45, 2.75) is 95.5 Å². The zero-order valence-electron chi connectivity index (χ0n) is 14.8. The lowest BCUT2D eigenvalue weighted by Gasteiger charge is -2.40. The highest BCUT2D eigenvalue weighted by atomic mass is 16.6. The molecule has 0 spiro atoms. The van der Waals surface area contributed by atoms with Gasteiger partial charge in [0.25, 0.3) is 0 Å². The first-order valence-electron chi connectivity index (χ1n) is 9.26. The van der Waals surface area contributed by atoms with Crippen molar-refractivity contribution >= 4 is 6.09 Å². The molecular weight excluding hydrogens is 292 g/mol. The Morgan fingerprint density at radius 1 is 1.17 bits per heavy atom. The number of hydrogen-bond donors (Lipinski definition) is 2. The van der Waals surface area contributed by atoms with Crippen molar-refractivity contribution in [1.29, 1.82) is 0 Å². The van der Waals surface area contributed by atoms with Crippen LogP contribution in [0.3, 0.4) is 0 Å². The lowest BCUT2D eigenvalue weighted by Crippen LogP contribution is -2.53. The Morgan fingerprint density at radius 2 is 1.83 bits per heavy atom. The van der Waals surface area contributed by atoms with Crippen LogP contribution in [0.5, 0.6) is 0 Å². The van der Waals surface area contributed by atoms with E-state index in [1.165, 1.54) is 0 Å². The number of aliphatic hydroxyl groups excluding tert-OH is 1. The maximum atomic E-state index is 12.4. The molecule has 2 aliphatic heterocycles. The second-order valence-electron chi connectivity index (χ2n) is 8.61. The van der Waals surface area contributed by atoms with Gasteiger partial charge in [-0.3, -0.25) is 0 Å². The molecule has 4 unspecified atom stereocenters. The fourth-order valence-electron chi connectivity index (χ4n) is 4.53. The summed E-state index contributed by atoms with van der Waals surface area (Å²) in [6.07, 6.45) is 7.18. The number of rotatable bonds is 3. The van der Waals surface area contributed by atoms with Gasteiger partial charge in [0, 0.05) is 24.7 Å². The highest BCUT2D eigenvalue weighted by Gasteiger charge is 2.44. The molecule has 3 rings (SSSR count). The second-order valence-corrected chi connectivity index (χ2v) is 8.61. The minimum Gasteiger partial charge on any atom is -0.444 e. The van der Waals surface area contributed by atoms with E-state index < -0.39 is 5.60 Å². The average Bonchev–Trinajstić information content (AvgIpc) is 2.96. The summed E-state index contributed by atoms with van der Waals surface area (Å²) < 4.78 is 5.58. The standard InChI is InChI=1S/C18H32N2O3/c1-18(2,3)23-17(22)20-14-7-8-15(20)10-13(9-14)19-11-12-5-4-6-16(12)21/h12-16,19,21H,4-11H2,1-3H3. The van der Waals surface area contributed by atoms with Gasteiger partial charge >= 0.3 is 6.09 Å². The van der Waals surface area contributed by atoms with Crippen molar-refractivity contribution < 1.29 is 14.6 Å². The molecule has 2 saturated heterocycles. The van der Waals surface area contributed by atoms with Gasteiger partial charge in [0.1, 0.15) is 5.60 Å². The number of carbonyl (C=O) groups is 1. The smallest absolute Gasteiger partial charge is 0.410 e. The largest absolute Gasteiger partial charge is 0.444 e. The lowest BCUT2D eigenvalue weighted by atomic mass is 9.96. The molecule has 2 heterocycles. The fraction of sp³-hybridized carbons (Fsp3) is 0.944. The second kappa shape index (κ2) is 6.60. The number of nitrogens with zero attached hydrogens (tertiary/aromatic N) is 1. The Bertz CT molecular complexity index is 420. The highest BCUT2D eigenvalue weighted by molar-refractivity contribution is 5.69. The Kier molecular flexibility index (Phi) is 4.88. The monoisotopic (exact) mass is 324 g/mol. The van der Waals surface area contributed by atoms with Gasteiger partial charge in [0.15, 0.2) is 0 Å². The number of aliphatic hydroxyl groups is 1. The molecule has 5 heteroatoms. The molecule has 3 aliphatic rings. The summed E-state index contributed by atoms with van der Waals surface area (Å²) in [6, 6.07) is 1.10. The Morgan fingerprint density at radius 3 is 2.35 bits per heavy atom. The maximum Gasteiger partial charge on any atom is 0.410 e. The third kappa shape index (κ3) is 4.00. The Hall–Kier alpha value is -0.810.